The SMILES string of the molecule is CCC1CN(C(=O)CSc2nncn2-c2ccccc2C)CCO1. The van der Waals surface area contributed by atoms with Gasteiger partial charge in [-0.05, 0) is 25.0 Å². The summed E-state index contributed by atoms with van der Waals surface area (Å²) in [6, 6.07) is 8.06. The normalized spacial score (nSPS) is 17.9. The predicted octanol–water partition coefficient (Wildman–Crippen LogP) is 2.31. The number of morpholine rings is 1. The minimum Gasteiger partial charge on any atom is -0.375 e. The largest absolute Gasteiger partial charge is 0.375 e. The standard InChI is InChI=1S/C17H22N4O2S/c1-3-14-10-20(8-9-23-14)16(22)11-24-17-19-18-12-21(17)15-7-5-4-6-13(15)2/h4-7,12,14H,3,8-11H2,1-2H3. The Balaban J connectivity index is 1.65. The van der Waals surface area contributed by atoms with E-state index in [1.807, 2.05) is 40.7 Å². The van der Waals surface area contributed by atoms with E-state index >= 15 is 0 Å². The van der Waals surface area contributed by atoms with Crippen LogP contribution in [0.4, 0.5) is 0 Å². The molecule has 1 aromatic carbocycles. The van der Waals surface area contributed by atoms with Crippen molar-refractivity contribution < 1.29 is 9.53 Å². The average Bonchev–Trinajstić information content (AvgIpc) is 3.08. The molecule has 1 aliphatic rings. The fraction of sp³-hybridized carbons (Fsp3) is 0.471. The lowest BCUT2D eigenvalue weighted by Crippen LogP contribution is -2.46. The number of aromatic nitrogens is 3. The molecule has 3 rings (SSSR count). The molecule has 0 N–H and O–H groups in total. The molecule has 0 saturated carbocycles. The summed E-state index contributed by atoms with van der Waals surface area (Å²) in [4.78, 5) is 14.3. The van der Waals surface area contributed by atoms with Crippen molar-refractivity contribution in [1.29, 1.82) is 0 Å². The molecule has 1 atom stereocenters. The summed E-state index contributed by atoms with van der Waals surface area (Å²) in [6.45, 7) is 6.10. The number of rotatable bonds is 5. The molecular weight excluding hydrogens is 324 g/mol. The average molecular weight is 346 g/mol. The second-order valence-electron chi connectivity index (χ2n) is 5.80. The number of carbonyl (C=O) groups excluding carboxylic acids is 1. The Morgan fingerprint density at radius 3 is 3.04 bits per heavy atom. The van der Waals surface area contributed by atoms with Gasteiger partial charge in [0.2, 0.25) is 5.91 Å². The molecule has 1 saturated heterocycles. The van der Waals surface area contributed by atoms with Crippen LogP contribution in [-0.4, -0.2) is 57.1 Å². The highest BCUT2D eigenvalue weighted by molar-refractivity contribution is 7.99. The molecule has 1 amide bonds. The van der Waals surface area contributed by atoms with Crippen LogP contribution in [0.3, 0.4) is 0 Å². The Kier molecular flexibility index (Phi) is 5.52. The lowest BCUT2D eigenvalue weighted by Gasteiger charge is -2.32. The molecule has 7 heteroatoms. The van der Waals surface area contributed by atoms with Gasteiger partial charge in [-0.2, -0.15) is 0 Å². The van der Waals surface area contributed by atoms with Crippen molar-refractivity contribution in [2.45, 2.75) is 31.5 Å². The molecule has 0 spiro atoms. The Labute approximate surface area is 146 Å². The first kappa shape index (κ1) is 17.0. The first-order chi connectivity index (χ1) is 11.7. The maximum atomic E-state index is 12.5. The van der Waals surface area contributed by atoms with Crippen molar-refractivity contribution in [2.24, 2.45) is 0 Å². The third-order valence-electron chi connectivity index (χ3n) is 4.16. The highest BCUT2D eigenvalue weighted by Gasteiger charge is 2.23. The van der Waals surface area contributed by atoms with Crippen LogP contribution in [0.2, 0.25) is 0 Å². The number of para-hydroxylation sites is 1. The van der Waals surface area contributed by atoms with Crippen LogP contribution in [0.5, 0.6) is 0 Å². The number of aryl methyl sites for hydroxylation is 1. The van der Waals surface area contributed by atoms with Crippen LogP contribution in [0.25, 0.3) is 5.69 Å². The summed E-state index contributed by atoms with van der Waals surface area (Å²) in [5.41, 5.74) is 2.18. The van der Waals surface area contributed by atoms with Crippen molar-refractivity contribution in [3.63, 3.8) is 0 Å². The maximum Gasteiger partial charge on any atom is 0.233 e. The second kappa shape index (κ2) is 7.81. The first-order valence-corrected chi connectivity index (χ1v) is 9.15. The van der Waals surface area contributed by atoms with Crippen molar-refractivity contribution >= 4 is 17.7 Å². The van der Waals surface area contributed by atoms with Gasteiger partial charge in [0, 0.05) is 13.1 Å². The topological polar surface area (TPSA) is 60.2 Å². The van der Waals surface area contributed by atoms with Gasteiger partial charge in [-0.1, -0.05) is 36.9 Å². The molecule has 1 fully saturated rings. The number of hydrogen-bond donors (Lipinski definition) is 0. The number of amides is 1. The number of carbonyl (C=O) groups is 1. The third-order valence-corrected chi connectivity index (χ3v) is 5.09. The molecule has 128 valence electrons. The molecule has 1 aliphatic heterocycles. The zero-order valence-corrected chi connectivity index (χ0v) is 14.8. The van der Waals surface area contributed by atoms with Crippen LogP contribution in [0.15, 0.2) is 35.7 Å². The first-order valence-electron chi connectivity index (χ1n) is 8.17. The third kappa shape index (κ3) is 3.79. The highest BCUT2D eigenvalue weighted by atomic mass is 32.2. The molecule has 0 radical (unpaired) electrons. The Morgan fingerprint density at radius 2 is 2.25 bits per heavy atom. The number of ether oxygens (including phenoxy) is 1. The van der Waals surface area contributed by atoms with Crippen molar-refractivity contribution in [2.75, 3.05) is 25.4 Å². The van der Waals surface area contributed by atoms with E-state index in [2.05, 4.69) is 17.1 Å². The van der Waals surface area contributed by atoms with Gasteiger partial charge >= 0.3 is 0 Å². The molecule has 24 heavy (non-hydrogen) atoms. The van der Waals surface area contributed by atoms with E-state index in [-0.39, 0.29) is 12.0 Å². The van der Waals surface area contributed by atoms with Crippen LogP contribution in [-0.2, 0) is 9.53 Å². The lowest BCUT2D eigenvalue weighted by molar-refractivity contribution is -0.135. The van der Waals surface area contributed by atoms with Crippen LogP contribution in [0.1, 0.15) is 18.9 Å². The Bertz CT molecular complexity index is 703. The summed E-state index contributed by atoms with van der Waals surface area (Å²) in [7, 11) is 0. The number of thioether (sulfide) groups is 1. The predicted molar refractivity (Wildman–Crippen MR) is 93.4 cm³/mol. The van der Waals surface area contributed by atoms with Gasteiger partial charge in [0.25, 0.3) is 0 Å². The fourth-order valence-electron chi connectivity index (χ4n) is 2.73. The second-order valence-corrected chi connectivity index (χ2v) is 6.74. The summed E-state index contributed by atoms with van der Waals surface area (Å²) in [5, 5.41) is 8.90. The van der Waals surface area contributed by atoms with Crippen molar-refractivity contribution in [1.82, 2.24) is 19.7 Å². The Hall–Kier alpha value is -1.86. The zero-order chi connectivity index (χ0) is 16.9. The van der Waals surface area contributed by atoms with Gasteiger partial charge in [-0.25, -0.2) is 0 Å². The molecule has 1 unspecified atom stereocenters. The highest BCUT2D eigenvalue weighted by Crippen LogP contribution is 2.22. The molecule has 6 nitrogen and oxygen atoms in total. The minimum absolute atomic E-state index is 0.126. The van der Waals surface area contributed by atoms with E-state index in [9.17, 15) is 4.79 Å². The number of hydrogen-bond acceptors (Lipinski definition) is 5. The summed E-state index contributed by atoms with van der Waals surface area (Å²) < 4.78 is 7.55. The zero-order valence-electron chi connectivity index (χ0n) is 14.0. The van der Waals surface area contributed by atoms with Crippen LogP contribution < -0.4 is 0 Å². The lowest BCUT2D eigenvalue weighted by atomic mass is 10.2. The summed E-state index contributed by atoms with van der Waals surface area (Å²) in [5.74, 6) is 0.488. The smallest absolute Gasteiger partial charge is 0.233 e. The van der Waals surface area contributed by atoms with Gasteiger partial charge in [0.05, 0.1) is 24.2 Å². The molecule has 0 bridgehead atoms. The molecular formula is C17H22N4O2S. The number of nitrogens with zero attached hydrogens (tertiary/aromatic N) is 4. The van der Waals surface area contributed by atoms with Crippen molar-refractivity contribution in [3.8, 4) is 5.69 Å². The molecule has 2 aromatic rings. The molecule has 2 heterocycles. The quantitative estimate of drug-likeness (QED) is 0.778. The maximum absolute atomic E-state index is 12.5. The van der Waals surface area contributed by atoms with Gasteiger partial charge < -0.3 is 9.64 Å². The minimum atomic E-state index is 0.126. The van der Waals surface area contributed by atoms with E-state index in [1.165, 1.54) is 11.8 Å². The number of benzene rings is 1. The summed E-state index contributed by atoms with van der Waals surface area (Å²) >= 11 is 1.43. The van der Waals surface area contributed by atoms with Crippen molar-refractivity contribution in [3.05, 3.63) is 36.2 Å². The monoisotopic (exact) mass is 346 g/mol. The van der Waals surface area contributed by atoms with Gasteiger partial charge in [-0.3, -0.25) is 9.36 Å². The van der Waals surface area contributed by atoms with Gasteiger partial charge in [-0.15, -0.1) is 10.2 Å². The van der Waals surface area contributed by atoms with E-state index < -0.39 is 0 Å². The van der Waals surface area contributed by atoms with Gasteiger partial charge in [0.1, 0.15) is 6.33 Å². The van der Waals surface area contributed by atoms with E-state index in [4.69, 9.17) is 4.74 Å². The van der Waals surface area contributed by atoms with E-state index in [0.717, 1.165) is 22.8 Å². The van der Waals surface area contributed by atoms with E-state index in [1.54, 1.807) is 6.33 Å². The van der Waals surface area contributed by atoms with Crippen LogP contribution >= 0.6 is 11.8 Å². The Morgan fingerprint density at radius 1 is 1.42 bits per heavy atom. The molecule has 0 aliphatic carbocycles. The van der Waals surface area contributed by atoms with Crippen LogP contribution in [0, 0.1) is 6.92 Å². The molecule has 1 aromatic heterocycles. The summed E-state index contributed by atoms with van der Waals surface area (Å²) in [6.07, 6.45) is 2.78. The van der Waals surface area contributed by atoms with E-state index in [0.29, 0.717) is 25.4 Å². The fourth-order valence-corrected chi connectivity index (χ4v) is 3.56. The van der Waals surface area contributed by atoms with Gasteiger partial charge in [0.15, 0.2) is 5.16 Å².